The molecule has 0 amide bonds. The molecule has 0 aliphatic rings. The van der Waals surface area contributed by atoms with E-state index in [0.29, 0.717) is 0 Å². The predicted octanol–water partition coefficient (Wildman–Crippen LogP) is 2.57. The van der Waals surface area contributed by atoms with Crippen LogP contribution < -0.4 is 5.32 Å². The third-order valence-corrected chi connectivity index (χ3v) is 3.51. The van der Waals surface area contributed by atoms with Gasteiger partial charge >= 0.3 is 0 Å². The van der Waals surface area contributed by atoms with Crippen LogP contribution in [0.2, 0.25) is 0 Å². The zero-order chi connectivity index (χ0) is 13.2. The molecule has 7 heteroatoms. The Labute approximate surface area is 107 Å². The molecule has 0 aliphatic heterocycles. The summed E-state index contributed by atoms with van der Waals surface area (Å²) >= 11 is 2.96. The Bertz CT molecular complexity index is 496. The van der Waals surface area contributed by atoms with Gasteiger partial charge in [-0.25, -0.2) is 17.2 Å². The van der Waals surface area contributed by atoms with Gasteiger partial charge in [-0.05, 0) is 19.1 Å². The van der Waals surface area contributed by atoms with Crippen LogP contribution in [0.5, 0.6) is 0 Å². The number of benzene rings is 1. The first-order valence-corrected chi connectivity index (χ1v) is 7.63. The molecule has 0 saturated carbocycles. The fourth-order valence-corrected chi connectivity index (χ4v) is 2.82. The van der Waals surface area contributed by atoms with Crippen LogP contribution >= 0.6 is 15.9 Å². The number of hydrogen-bond acceptors (Lipinski definition) is 3. The molecular weight excluding hydrogens is 316 g/mol. The highest BCUT2D eigenvalue weighted by Gasteiger charge is 2.15. The van der Waals surface area contributed by atoms with Crippen molar-refractivity contribution in [3.05, 3.63) is 28.2 Å². The van der Waals surface area contributed by atoms with Crippen molar-refractivity contribution in [2.75, 3.05) is 17.3 Å². The summed E-state index contributed by atoms with van der Waals surface area (Å²) in [5.74, 6) is -1.73. The van der Waals surface area contributed by atoms with Crippen LogP contribution in [0.3, 0.4) is 0 Å². The van der Waals surface area contributed by atoms with E-state index in [2.05, 4.69) is 21.2 Å². The van der Waals surface area contributed by atoms with Gasteiger partial charge in [-0.15, -0.1) is 0 Å². The standard InChI is InChI=1S/C10H12BrF2NO2S/c1-6(5-17(2,15)16)14-10-8(12)3-7(11)4-9(10)13/h3-4,6,14H,5H2,1-2H3. The lowest BCUT2D eigenvalue weighted by atomic mass is 10.2. The summed E-state index contributed by atoms with van der Waals surface area (Å²) in [6.07, 6.45) is 1.07. The Morgan fingerprint density at radius 3 is 2.24 bits per heavy atom. The summed E-state index contributed by atoms with van der Waals surface area (Å²) in [7, 11) is -3.19. The lowest BCUT2D eigenvalue weighted by molar-refractivity contribution is 0.579. The monoisotopic (exact) mass is 327 g/mol. The van der Waals surface area contributed by atoms with Crippen LogP contribution in [-0.2, 0) is 9.84 Å². The lowest BCUT2D eigenvalue weighted by Gasteiger charge is -2.15. The largest absolute Gasteiger partial charge is 0.377 e. The number of sulfone groups is 1. The van der Waals surface area contributed by atoms with E-state index in [1.807, 2.05) is 0 Å². The first-order chi connectivity index (χ1) is 7.69. The Morgan fingerprint density at radius 1 is 1.35 bits per heavy atom. The van der Waals surface area contributed by atoms with E-state index in [4.69, 9.17) is 0 Å². The number of nitrogens with one attached hydrogen (secondary N) is 1. The SMILES string of the molecule is CC(CS(C)(=O)=O)Nc1c(F)cc(Br)cc1F. The molecular formula is C10H12BrF2NO2S. The summed E-state index contributed by atoms with van der Waals surface area (Å²) in [6.45, 7) is 1.54. The van der Waals surface area contributed by atoms with Gasteiger partial charge in [0.25, 0.3) is 0 Å². The third kappa shape index (κ3) is 4.59. The second kappa shape index (κ2) is 5.30. The minimum absolute atomic E-state index is 0.193. The molecule has 0 aromatic heterocycles. The molecule has 1 aromatic carbocycles. The first kappa shape index (κ1) is 14.4. The van der Waals surface area contributed by atoms with Crippen molar-refractivity contribution in [1.82, 2.24) is 0 Å². The Morgan fingerprint density at radius 2 is 1.82 bits per heavy atom. The van der Waals surface area contributed by atoms with Crippen LogP contribution in [-0.4, -0.2) is 26.5 Å². The minimum Gasteiger partial charge on any atom is -0.377 e. The maximum atomic E-state index is 13.4. The molecule has 1 atom stereocenters. The zero-order valence-electron chi connectivity index (χ0n) is 9.30. The highest BCUT2D eigenvalue weighted by atomic mass is 79.9. The van der Waals surface area contributed by atoms with Crippen molar-refractivity contribution in [3.8, 4) is 0 Å². The number of hydrogen-bond donors (Lipinski definition) is 1. The Balaban J connectivity index is 2.89. The number of halogens is 3. The Kier molecular flexibility index (Phi) is 4.48. The third-order valence-electron chi connectivity index (χ3n) is 1.95. The van der Waals surface area contributed by atoms with Gasteiger partial charge in [-0.1, -0.05) is 15.9 Å². The smallest absolute Gasteiger partial charge is 0.150 e. The normalized spacial score (nSPS) is 13.5. The van der Waals surface area contributed by atoms with Gasteiger partial charge in [-0.3, -0.25) is 0 Å². The van der Waals surface area contributed by atoms with Gasteiger partial charge < -0.3 is 5.32 Å². The average Bonchev–Trinajstić information content (AvgIpc) is 2.08. The number of rotatable bonds is 4. The molecule has 0 radical (unpaired) electrons. The molecule has 17 heavy (non-hydrogen) atoms. The van der Waals surface area contributed by atoms with E-state index < -0.39 is 27.5 Å². The van der Waals surface area contributed by atoms with E-state index in [9.17, 15) is 17.2 Å². The van der Waals surface area contributed by atoms with E-state index in [-0.39, 0.29) is 15.9 Å². The summed E-state index contributed by atoms with van der Waals surface area (Å²) in [5, 5.41) is 2.51. The molecule has 0 saturated heterocycles. The fraction of sp³-hybridized carbons (Fsp3) is 0.400. The second-order valence-electron chi connectivity index (χ2n) is 3.88. The summed E-state index contributed by atoms with van der Waals surface area (Å²) in [6, 6.07) is 1.65. The molecule has 0 bridgehead atoms. The van der Waals surface area contributed by atoms with Crippen LogP contribution in [0.15, 0.2) is 16.6 Å². The van der Waals surface area contributed by atoms with E-state index in [1.54, 1.807) is 6.92 Å². The van der Waals surface area contributed by atoms with Crippen molar-refractivity contribution < 1.29 is 17.2 Å². The maximum Gasteiger partial charge on any atom is 0.150 e. The van der Waals surface area contributed by atoms with Gasteiger partial charge in [0.1, 0.15) is 27.2 Å². The predicted molar refractivity (Wildman–Crippen MR) is 66.9 cm³/mol. The van der Waals surface area contributed by atoms with Crippen molar-refractivity contribution in [2.24, 2.45) is 0 Å². The highest BCUT2D eigenvalue weighted by Crippen LogP contribution is 2.24. The highest BCUT2D eigenvalue weighted by molar-refractivity contribution is 9.10. The summed E-state index contributed by atoms with van der Waals surface area (Å²) in [4.78, 5) is 0. The second-order valence-corrected chi connectivity index (χ2v) is 6.98. The maximum absolute atomic E-state index is 13.4. The molecule has 1 aromatic rings. The van der Waals surface area contributed by atoms with Crippen LogP contribution in [0.4, 0.5) is 14.5 Å². The van der Waals surface area contributed by atoms with Gasteiger partial charge in [0, 0.05) is 16.8 Å². The van der Waals surface area contributed by atoms with E-state index in [0.717, 1.165) is 18.4 Å². The molecule has 1 N–H and O–H groups in total. The van der Waals surface area contributed by atoms with Gasteiger partial charge in [0.05, 0.1) is 5.75 Å². The average molecular weight is 328 g/mol. The number of anilines is 1. The van der Waals surface area contributed by atoms with Crippen LogP contribution in [0, 0.1) is 11.6 Å². The van der Waals surface area contributed by atoms with Crippen molar-refractivity contribution in [1.29, 1.82) is 0 Å². The van der Waals surface area contributed by atoms with Crippen LogP contribution in [0.1, 0.15) is 6.92 Å². The molecule has 96 valence electrons. The van der Waals surface area contributed by atoms with Gasteiger partial charge in [-0.2, -0.15) is 0 Å². The van der Waals surface area contributed by atoms with Crippen molar-refractivity contribution >= 4 is 31.5 Å². The van der Waals surface area contributed by atoms with Crippen molar-refractivity contribution in [3.63, 3.8) is 0 Å². The molecule has 0 heterocycles. The molecule has 3 nitrogen and oxygen atoms in total. The lowest BCUT2D eigenvalue weighted by Crippen LogP contribution is -2.26. The van der Waals surface area contributed by atoms with Crippen LogP contribution in [0.25, 0.3) is 0 Å². The minimum atomic E-state index is -3.19. The van der Waals surface area contributed by atoms with Gasteiger partial charge in [0.2, 0.25) is 0 Å². The first-order valence-electron chi connectivity index (χ1n) is 4.78. The molecule has 0 spiro atoms. The zero-order valence-corrected chi connectivity index (χ0v) is 11.7. The van der Waals surface area contributed by atoms with E-state index in [1.165, 1.54) is 0 Å². The molecule has 0 fully saturated rings. The summed E-state index contributed by atoms with van der Waals surface area (Å²) in [5.41, 5.74) is -0.315. The Hall–Kier alpha value is -0.690. The topological polar surface area (TPSA) is 46.2 Å². The fourth-order valence-electron chi connectivity index (χ4n) is 1.42. The summed E-state index contributed by atoms with van der Waals surface area (Å²) < 4.78 is 49.2. The molecule has 1 unspecified atom stereocenters. The molecule has 0 aliphatic carbocycles. The van der Waals surface area contributed by atoms with Gasteiger partial charge in [0.15, 0.2) is 0 Å². The van der Waals surface area contributed by atoms with Crippen molar-refractivity contribution in [2.45, 2.75) is 13.0 Å². The van der Waals surface area contributed by atoms with E-state index >= 15 is 0 Å². The quantitative estimate of drug-likeness (QED) is 0.924. The molecule has 1 rings (SSSR count).